The number of rotatable bonds is 23. The van der Waals surface area contributed by atoms with Gasteiger partial charge in [-0.2, -0.15) is 0 Å². The van der Waals surface area contributed by atoms with Gasteiger partial charge in [0.1, 0.15) is 13.2 Å². The molecule has 0 atom stereocenters. The first kappa shape index (κ1) is 36.0. The quantitative estimate of drug-likeness (QED) is 0.0824. The van der Waals surface area contributed by atoms with Crippen LogP contribution in [0, 0.1) is 0 Å². The summed E-state index contributed by atoms with van der Waals surface area (Å²) in [6, 6.07) is 13.4. The third kappa shape index (κ3) is 15.9. The van der Waals surface area contributed by atoms with E-state index in [9.17, 15) is 19.2 Å². The van der Waals surface area contributed by atoms with Gasteiger partial charge < -0.3 is 41.0 Å². The Morgan fingerprint density at radius 1 is 0.523 bits per heavy atom. The van der Waals surface area contributed by atoms with Crippen LogP contribution in [0.4, 0.5) is 11.4 Å². The molecule has 2 amide bonds. The Morgan fingerprint density at radius 3 is 1.32 bits per heavy atom. The first-order valence-electron chi connectivity index (χ1n) is 15.1. The second-order valence-electron chi connectivity index (χ2n) is 9.99. The lowest BCUT2D eigenvalue weighted by molar-refractivity contribution is -0.122. The average Bonchev–Trinajstić information content (AvgIpc) is 3.01. The normalized spacial score (nSPS) is 10.6. The average molecular weight is 615 g/mol. The van der Waals surface area contributed by atoms with Crippen LogP contribution in [0.2, 0.25) is 0 Å². The van der Waals surface area contributed by atoms with Crippen LogP contribution in [0.3, 0.4) is 0 Å². The van der Waals surface area contributed by atoms with Crippen LogP contribution < -0.4 is 22.1 Å². The van der Waals surface area contributed by atoms with E-state index in [0.717, 1.165) is 38.5 Å². The van der Waals surface area contributed by atoms with Crippen molar-refractivity contribution in [1.82, 2.24) is 10.6 Å². The lowest BCUT2D eigenvalue weighted by Crippen LogP contribution is -2.27. The summed E-state index contributed by atoms with van der Waals surface area (Å²) in [5.74, 6) is -1.01. The van der Waals surface area contributed by atoms with Crippen molar-refractivity contribution < 1.29 is 38.1 Å². The molecule has 44 heavy (non-hydrogen) atoms. The summed E-state index contributed by atoms with van der Waals surface area (Å²) in [5.41, 5.74) is 12.9. The molecule has 0 aromatic heterocycles. The van der Waals surface area contributed by atoms with Crippen molar-refractivity contribution in [2.45, 2.75) is 51.4 Å². The van der Waals surface area contributed by atoms with E-state index in [1.54, 1.807) is 48.5 Å². The van der Waals surface area contributed by atoms with Gasteiger partial charge in [-0.25, -0.2) is 9.59 Å². The largest absolute Gasteiger partial charge is 0.460 e. The van der Waals surface area contributed by atoms with Crippen molar-refractivity contribution in [3.05, 3.63) is 59.7 Å². The smallest absolute Gasteiger partial charge is 0.340 e. The summed E-state index contributed by atoms with van der Waals surface area (Å²) in [6.45, 7) is 2.14. The van der Waals surface area contributed by atoms with Crippen molar-refractivity contribution in [1.29, 1.82) is 0 Å². The third-order valence-corrected chi connectivity index (χ3v) is 6.48. The first-order chi connectivity index (χ1) is 21.4. The highest BCUT2D eigenvalue weighted by molar-refractivity contribution is 5.95. The van der Waals surface area contributed by atoms with E-state index in [0.29, 0.717) is 61.6 Å². The molecule has 0 saturated heterocycles. The Morgan fingerprint density at radius 2 is 0.909 bits per heavy atom. The molecular formula is C32H46N4O8. The number of para-hydroxylation sites is 2. The molecule has 0 spiro atoms. The summed E-state index contributed by atoms with van der Waals surface area (Å²) < 4.78 is 21.0. The molecule has 0 heterocycles. The van der Waals surface area contributed by atoms with Gasteiger partial charge >= 0.3 is 11.9 Å². The van der Waals surface area contributed by atoms with Gasteiger partial charge in [0.05, 0.1) is 37.6 Å². The maximum Gasteiger partial charge on any atom is 0.340 e. The number of amides is 2. The van der Waals surface area contributed by atoms with Gasteiger partial charge in [-0.15, -0.1) is 0 Å². The molecule has 2 aromatic carbocycles. The molecule has 6 N–H and O–H groups in total. The molecule has 0 unspecified atom stereocenters. The summed E-state index contributed by atoms with van der Waals surface area (Å²) in [4.78, 5) is 47.8. The van der Waals surface area contributed by atoms with Crippen LogP contribution in [0.1, 0.15) is 72.1 Å². The zero-order valence-corrected chi connectivity index (χ0v) is 25.4. The second kappa shape index (κ2) is 22.4. The van der Waals surface area contributed by atoms with Crippen LogP contribution in [0.15, 0.2) is 48.5 Å². The van der Waals surface area contributed by atoms with Crippen LogP contribution in [0.25, 0.3) is 0 Å². The minimum absolute atomic E-state index is 0.0152. The SMILES string of the molecule is Nc1ccccc1C(=O)OCCOCCNC(=O)CCCCCCCCC(=O)NCCOCCOC(=O)c1ccccc1N. The van der Waals surface area contributed by atoms with E-state index in [-0.39, 0.29) is 38.2 Å². The number of hydrogen-bond donors (Lipinski definition) is 4. The van der Waals surface area contributed by atoms with Crippen molar-refractivity contribution in [2.75, 3.05) is 64.2 Å². The highest BCUT2D eigenvalue weighted by atomic mass is 16.6. The molecule has 12 nitrogen and oxygen atoms in total. The molecule has 0 fully saturated rings. The Balaban J connectivity index is 1.31. The number of ether oxygens (including phenoxy) is 4. The number of anilines is 2. The van der Waals surface area contributed by atoms with Crippen molar-refractivity contribution >= 4 is 35.1 Å². The molecule has 0 radical (unpaired) electrons. The molecule has 0 saturated carbocycles. The van der Waals surface area contributed by atoms with Crippen molar-refractivity contribution in [3.63, 3.8) is 0 Å². The maximum atomic E-state index is 11.9. The Labute approximate surface area is 259 Å². The highest BCUT2D eigenvalue weighted by Crippen LogP contribution is 2.13. The molecule has 0 bridgehead atoms. The van der Waals surface area contributed by atoms with Gasteiger partial charge in [0.25, 0.3) is 0 Å². The molecule has 12 heteroatoms. The molecule has 0 aliphatic heterocycles. The maximum absolute atomic E-state index is 11.9. The predicted molar refractivity (Wildman–Crippen MR) is 167 cm³/mol. The zero-order valence-electron chi connectivity index (χ0n) is 25.4. The van der Waals surface area contributed by atoms with Crippen LogP contribution in [-0.2, 0) is 28.5 Å². The fourth-order valence-corrected chi connectivity index (χ4v) is 4.09. The molecular weight excluding hydrogens is 568 g/mol. The number of hydrogen-bond acceptors (Lipinski definition) is 10. The van der Waals surface area contributed by atoms with Crippen LogP contribution in [0.5, 0.6) is 0 Å². The number of carbonyl (C=O) groups is 4. The number of carbonyl (C=O) groups excluding carboxylic acids is 4. The Bertz CT molecular complexity index is 1070. The van der Waals surface area contributed by atoms with E-state index in [1.807, 2.05) is 0 Å². The molecule has 2 rings (SSSR count). The second-order valence-corrected chi connectivity index (χ2v) is 9.99. The number of nitrogens with one attached hydrogen (secondary N) is 2. The summed E-state index contributed by atoms with van der Waals surface area (Å²) in [6.07, 6.45) is 6.49. The van der Waals surface area contributed by atoms with E-state index in [4.69, 9.17) is 30.4 Å². The third-order valence-electron chi connectivity index (χ3n) is 6.48. The van der Waals surface area contributed by atoms with E-state index in [1.165, 1.54) is 0 Å². The molecule has 242 valence electrons. The standard InChI is InChI=1S/C32H46N4O8/c33-27-13-9-7-11-25(27)31(39)43-23-21-41-19-17-35-29(37)15-5-3-1-2-4-6-16-30(38)36-18-20-42-22-24-44-32(40)26-12-8-10-14-28(26)34/h7-14H,1-6,15-24,33-34H2,(H,35,37)(H,36,38). The lowest BCUT2D eigenvalue weighted by Gasteiger charge is -2.09. The monoisotopic (exact) mass is 614 g/mol. The topological polar surface area (TPSA) is 181 Å². The minimum atomic E-state index is -0.492. The van der Waals surface area contributed by atoms with Gasteiger partial charge in [-0.05, 0) is 37.1 Å². The summed E-state index contributed by atoms with van der Waals surface area (Å²) >= 11 is 0. The summed E-state index contributed by atoms with van der Waals surface area (Å²) in [7, 11) is 0. The summed E-state index contributed by atoms with van der Waals surface area (Å²) in [5, 5.41) is 5.63. The Hall–Kier alpha value is -4.16. The van der Waals surface area contributed by atoms with Gasteiger partial charge in [0, 0.05) is 37.3 Å². The minimum Gasteiger partial charge on any atom is -0.460 e. The van der Waals surface area contributed by atoms with E-state index < -0.39 is 11.9 Å². The first-order valence-corrected chi connectivity index (χ1v) is 15.1. The number of benzene rings is 2. The van der Waals surface area contributed by atoms with Crippen LogP contribution in [-0.4, -0.2) is 76.5 Å². The molecule has 0 aliphatic carbocycles. The number of nitrogens with two attached hydrogens (primary N) is 2. The highest BCUT2D eigenvalue weighted by Gasteiger charge is 2.11. The van der Waals surface area contributed by atoms with Crippen molar-refractivity contribution in [2.24, 2.45) is 0 Å². The van der Waals surface area contributed by atoms with Crippen LogP contribution >= 0.6 is 0 Å². The fraction of sp³-hybridized carbons (Fsp3) is 0.500. The van der Waals surface area contributed by atoms with E-state index in [2.05, 4.69) is 10.6 Å². The Kier molecular flexibility index (Phi) is 18.3. The number of esters is 2. The predicted octanol–water partition coefficient (Wildman–Crippen LogP) is 3.25. The zero-order chi connectivity index (χ0) is 31.8. The van der Waals surface area contributed by atoms with Gasteiger partial charge in [-0.1, -0.05) is 49.9 Å². The molecule has 0 aliphatic rings. The van der Waals surface area contributed by atoms with Crippen molar-refractivity contribution in [3.8, 4) is 0 Å². The fourth-order valence-electron chi connectivity index (χ4n) is 4.09. The lowest BCUT2D eigenvalue weighted by atomic mass is 10.1. The van der Waals surface area contributed by atoms with Gasteiger partial charge in [0.2, 0.25) is 11.8 Å². The van der Waals surface area contributed by atoms with Gasteiger partial charge in [-0.3, -0.25) is 9.59 Å². The number of nitrogen functional groups attached to an aromatic ring is 2. The molecule has 2 aromatic rings. The number of unbranched alkanes of at least 4 members (excludes halogenated alkanes) is 5. The van der Waals surface area contributed by atoms with Gasteiger partial charge in [0.15, 0.2) is 0 Å². The van der Waals surface area contributed by atoms with E-state index >= 15 is 0 Å².